The Kier molecular flexibility index (Phi) is 5.95. The van der Waals surface area contributed by atoms with Gasteiger partial charge in [0.05, 0.1) is 19.0 Å². The van der Waals surface area contributed by atoms with E-state index < -0.39 is 36.1 Å². The Morgan fingerprint density at radius 2 is 1.81 bits per heavy atom. The van der Waals surface area contributed by atoms with Crippen molar-refractivity contribution in [2.45, 2.75) is 31.2 Å². The van der Waals surface area contributed by atoms with E-state index in [-0.39, 0.29) is 23.8 Å². The van der Waals surface area contributed by atoms with Crippen molar-refractivity contribution < 1.29 is 35.8 Å². The zero-order chi connectivity index (χ0) is 25.7. The molecule has 4 heterocycles. The summed E-state index contributed by atoms with van der Waals surface area (Å²) >= 11 is 0. The van der Waals surface area contributed by atoms with Crippen LogP contribution in [0.4, 0.5) is 38.0 Å². The van der Waals surface area contributed by atoms with Crippen LogP contribution in [0.1, 0.15) is 18.5 Å². The second-order valence-corrected chi connectivity index (χ2v) is 8.78. The molecule has 36 heavy (non-hydrogen) atoms. The van der Waals surface area contributed by atoms with E-state index in [4.69, 9.17) is 9.47 Å². The molecule has 1 aliphatic heterocycles. The number of pyridine rings is 1. The standard InChI is InChI=1S/C21H21F6N7O2/c1-35-16-6-13(7-28-31-16)33-8-11-2-3-12(9-33)17(11)29-19-30-18-14(36-10-20(22,23)24)4-5-15(21(25,26)27)34(18)32-19/h4-7,11-12,17H,2-3,8-10H2,1H3,(H,29,32)/t11-,12+,17+. The number of halogens is 6. The lowest BCUT2D eigenvalue weighted by molar-refractivity contribution is -0.153. The van der Waals surface area contributed by atoms with Crippen molar-refractivity contribution in [1.82, 2.24) is 24.8 Å². The molecule has 2 fully saturated rings. The van der Waals surface area contributed by atoms with Crippen LogP contribution in [0.3, 0.4) is 0 Å². The van der Waals surface area contributed by atoms with Crippen LogP contribution >= 0.6 is 0 Å². The van der Waals surface area contributed by atoms with Crippen LogP contribution in [0.2, 0.25) is 0 Å². The predicted octanol–water partition coefficient (Wildman–Crippen LogP) is 3.81. The molecule has 2 aliphatic rings. The van der Waals surface area contributed by atoms with Crippen LogP contribution in [0, 0.1) is 11.8 Å². The van der Waals surface area contributed by atoms with Gasteiger partial charge in [0.1, 0.15) is 5.69 Å². The van der Waals surface area contributed by atoms with E-state index in [9.17, 15) is 26.3 Å². The van der Waals surface area contributed by atoms with Gasteiger partial charge in [0, 0.05) is 25.2 Å². The Hall–Kier alpha value is -3.52. The summed E-state index contributed by atoms with van der Waals surface area (Å²) in [5, 5.41) is 14.9. The molecule has 1 saturated carbocycles. The van der Waals surface area contributed by atoms with Gasteiger partial charge in [-0.05, 0) is 36.8 Å². The second kappa shape index (κ2) is 8.85. The molecule has 0 radical (unpaired) electrons. The fourth-order valence-electron chi connectivity index (χ4n) is 4.92. The number of nitrogens with one attached hydrogen (secondary N) is 1. The Morgan fingerprint density at radius 3 is 2.44 bits per heavy atom. The minimum atomic E-state index is -4.80. The molecule has 3 aromatic heterocycles. The van der Waals surface area contributed by atoms with Gasteiger partial charge in [0.15, 0.2) is 18.0 Å². The van der Waals surface area contributed by atoms with E-state index in [1.54, 1.807) is 12.3 Å². The zero-order valence-corrected chi connectivity index (χ0v) is 18.8. The van der Waals surface area contributed by atoms with Crippen molar-refractivity contribution >= 4 is 17.3 Å². The van der Waals surface area contributed by atoms with Gasteiger partial charge in [-0.25, -0.2) is 4.52 Å². The SMILES string of the molecule is COc1cc(N2C[C@H]3CC[C@@H](C2)[C@H]3Nc2nc3c(OCC(F)(F)F)ccc(C(F)(F)F)n3n2)cnn1. The monoisotopic (exact) mass is 517 g/mol. The maximum Gasteiger partial charge on any atom is 0.433 e. The summed E-state index contributed by atoms with van der Waals surface area (Å²) in [6.45, 7) is -0.352. The topological polar surface area (TPSA) is 89.7 Å². The number of methoxy groups -OCH3 is 1. The Bertz CT molecular complexity index is 1230. The molecule has 15 heteroatoms. The second-order valence-electron chi connectivity index (χ2n) is 8.78. The van der Waals surface area contributed by atoms with Gasteiger partial charge < -0.3 is 19.7 Å². The molecule has 1 N–H and O–H groups in total. The number of ether oxygens (including phenoxy) is 2. The van der Waals surface area contributed by atoms with Crippen LogP contribution < -0.4 is 19.7 Å². The molecule has 194 valence electrons. The molecular formula is C21H21F6N7O2. The number of fused-ring (bicyclic) bond motifs is 3. The van der Waals surface area contributed by atoms with E-state index in [0.29, 0.717) is 29.6 Å². The zero-order valence-electron chi connectivity index (χ0n) is 18.8. The molecule has 0 spiro atoms. The number of hydrogen-bond donors (Lipinski definition) is 1. The van der Waals surface area contributed by atoms with Crippen LogP contribution in [0.5, 0.6) is 11.6 Å². The van der Waals surface area contributed by atoms with Crippen LogP contribution in [-0.4, -0.2) is 63.8 Å². The number of nitrogens with zero attached hydrogens (tertiary/aromatic N) is 6. The van der Waals surface area contributed by atoms with Crippen molar-refractivity contribution in [3.8, 4) is 11.6 Å². The lowest BCUT2D eigenvalue weighted by atomic mass is 9.92. The third-order valence-corrected chi connectivity index (χ3v) is 6.45. The molecule has 1 aliphatic carbocycles. The number of piperidine rings is 1. The van der Waals surface area contributed by atoms with E-state index in [0.717, 1.165) is 24.6 Å². The highest BCUT2D eigenvalue weighted by Crippen LogP contribution is 2.40. The highest BCUT2D eigenvalue weighted by Gasteiger charge is 2.43. The average molecular weight is 517 g/mol. The largest absolute Gasteiger partial charge is 0.480 e. The fraction of sp³-hybridized carbons (Fsp3) is 0.524. The number of anilines is 2. The third kappa shape index (κ3) is 4.78. The molecule has 3 atom stereocenters. The summed E-state index contributed by atoms with van der Waals surface area (Å²) in [4.78, 5) is 6.23. The first-order valence-electron chi connectivity index (χ1n) is 11.1. The maximum atomic E-state index is 13.5. The van der Waals surface area contributed by atoms with E-state index in [1.807, 2.05) is 0 Å². The van der Waals surface area contributed by atoms with Gasteiger partial charge in [-0.1, -0.05) is 0 Å². The van der Waals surface area contributed by atoms with Crippen LogP contribution in [0.15, 0.2) is 24.4 Å². The van der Waals surface area contributed by atoms with Gasteiger partial charge in [-0.3, -0.25) is 0 Å². The van der Waals surface area contributed by atoms with Crippen LogP contribution in [0.25, 0.3) is 5.65 Å². The molecule has 2 bridgehead atoms. The summed E-state index contributed by atoms with van der Waals surface area (Å²) < 4.78 is 88.8. The van der Waals surface area contributed by atoms with Crippen molar-refractivity contribution in [1.29, 1.82) is 0 Å². The van der Waals surface area contributed by atoms with Crippen molar-refractivity contribution in [2.24, 2.45) is 11.8 Å². The first-order valence-corrected chi connectivity index (χ1v) is 11.1. The first-order chi connectivity index (χ1) is 17.0. The molecular weight excluding hydrogens is 496 g/mol. The summed E-state index contributed by atoms with van der Waals surface area (Å²) in [6.07, 6.45) is -6.05. The molecule has 9 nitrogen and oxygen atoms in total. The van der Waals surface area contributed by atoms with E-state index in [2.05, 4.69) is 30.5 Å². The minimum Gasteiger partial charge on any atom is -0.480 e. The van der Waals surface area contributed by atoms with Gasteiger partial charge >= 0.3 is 12.4 Å². The van der Waals surface area contributed by atoms with Crippen molar-refractivity contribution in [2.75, 3.05) is 37.0 Å². The van der Waals surface area contributed by atoms with Gasteiger partial charge in [-0.15, -0.1) is 10.2 Å². The van der Waals surface area contributed by atoms with Crippen molar-refractivity contribution in [3.05, 3.63) is 30.1 Å². The number of rotatable bonds is 6. The molecule has 0 aromatic carbocycles. The molecule has 0 amide bonds. The van der Waals surface area contributed by atoms with E-state index >= 15 is 0 Å². The number of alkyl halides is 6. The quantitative estimate of drug-likeness (QED) is 0.494. The smallest absolute Gasteiger partial charge is 0.433 e. The fourth-order valence-corrected chi connectivity index (χ4v) is 4.92. The maximum absolute atomic E-state index is 13.5. The Labute approximate surface area is 200 Å². The molecule has 1 saturated heterocycles. The summed E-state index contributed by atoms with van der Waals surface area (Å²) in [5.41, 5.74) is -0.769. The first kappa shape index (κ1) is 24.2. The highest BCUT2D eigenvalue weighted by molar-refractivity contribution is 5.57. The van der Waals surface area contributed by atoms with Gasteiger partial charge in [0.25, 0.3) is 0 Å². The Morgan fingerprint density at radius 1 is 1.08 bits per heavy atom. The Balaban J connectivity index is 1.39. The summed E-state index contributed by atoms with van der Waals surface area (Å²) in [7, 11) is 1.50. The third-order valence-electron chi connectivity index (χ3n) is 6.45. The van der Waals surface area contributed by atoms with E-state index in [1.165, 1.54) is 7.11 Å². The summed E-state index contributed by atoms with van der Waals surface area (Å²) in [5.74, 6) is 0.108. The molecule has 5 rings (SSSR count). The predicted molar refractivity (Wildman–Crippen MR) is 114 cm³/mol. The number of aromatic nitrogens is 5. The highest BCUT2D eigenvalue weighted by atomic mass is 19.4. The van der Waals surface area contributed by atoms with Gasteiger partial charge in [-0.2, -0.15) is 36.4 Å². The summed E-state index contributed by atoms with van der Waals surface area (Å²) in [6, 6.07) is 3.10. The number of hydrogen-bond acceptors (Lipinski definition) is 8. The lowest BCUT2D eigenvalue weighted by Crippen LogP contribution is -2.48. The van der Waals surface area contributed by atoms with Crippen LogP contribution in [-0.2, 0) is 6.18 Å². The lowest BCUT2D eigenvalue weighted by Gasteiger charge is -2.39. The minimum absolute atomic E-state index is 0.105. The van der Waals surface area contributed by atoms with Gasteiger partial charge in [0.2, 0.25) is 11.8 Å². The molecule has 3 aromatic rings. The average Bonchev–Trinajstić information content (AvgIpc) is 3.32. The van der Waals surface area contributed by atoms with Crippen molar-refractivity contribution in [3.63, 3.8) is 0 Å². The molecule has 0 unspecified atom stereocenters. The normalized spacial score (nSPS) is 22.2.